The Hall–Kier alpha value is -1.06. The molecule has 1 aliphatic carbocycles. The molecule has 1 aromatic rings. The first kappa shape index (κ1) is 12.0. The summed E-state index contributed by atoms with van der Waals surface area (Å²) in [6.45, 7) is 5.07. The second kappa shape index (κ2) is 4.90. The zero-order valence-corrected chi connectivity index (χ0v) is 11.1. The highest BCUT2D eigenvalue weighted by Crippen LogP contribution is 2.31. The Morgan fingerprint density at radius 1 is 1.39 bits per heavy atom. The van der Waals surface area contributed by atoms with E-state index in [-0.39, 0.29) is 0 Å². The van der Waals surface area contributed by atoms with Gasteiger partial charge in [-0.1, -0.05) is 12.1 Å². The molecule has 1 saturated heterocycles. The quantitative estimate of drug-likeness (QED) is 0.814. The third-order valence-corrected chi connectivity index (χ3v) is 4.46. The molecule has 1 aliphatic heterocycles. The average Bonchev–Trinajstić information content (AvgIpc) is 2.84. The minimum Gasteiger partial charge on any atom is -0.399 e. The smallest absolute Gasteiger partial charge is 0.0731 e. The van der Waals surface area contributed by atoms with Crippen molar-refractivity contribution in [3.05, 3.63) is 29.3 Å². The maximum atomic E-state index is 5.99. The molecule has 2 N–H and O–H groups in total. The van der Waals surface area contributed by atoms with Crippen LogP contribution in [-0.2, 0) is 11.3 Å². The fourth-order valence-electron chi connectivity index (χ4n) is 3.30. The van der Waals surface area contributed by atoms with Gasteiger partial charge in [0, 0.05) is 24.8 Å². The van der Waals surface area contributed by atoms with Crippen molar-refractivity contribution >= 4 is 5.69 Å². The maximum absolute atomic E-state index is 5.99. The molecule has 3 nitrogen and oxygen atoms in total. The van der Waals surface area contributed by atoms with Gasteiger partial charge in [-0.15, -0.1) is 0 Å². The van der Waals surface area contributed by atoms with E-state index in [2.05, 4.69) is 24.0 Å². The van der Waals surface area contributed by atoms with Crippen molar-refractivity contribution in [3.63, 3.8) is 0 Å². The summed E-state index contributed by atoms with van der Waals surface area (Å²) >= 11 is 0. The van der Waals surface area contributed by atoms with E-state index in [1.54, 1.807) is 0 Å². The van der Waals surface area contributed by atoms with Crippen molar-refractivity contribution in [3.8, 4) is 0 Å². The minimum absolute atomic E-state index is 0.472. The molecule has 2 unspecified atom stereocenters. The molecule has 2 aliphatic rings. The predicted molar refractivity (Wildman–Crippen MR) is 73.4 cm³/mol. The molecule has 0 aromatic heterocycles. The first-order valence-electron chi connectivity index (χ1n) is 6.95. The zero-order valence-electron chi connectivity index (χ0n) is 11.1. The summed E-state index contributed by atoms with van der Waals surface area (Å²) in [6.07, 6.45) is 4.30. The Bertz CT molecular complexity index is 433. The van der Waals surface area contributed by atoms with Crippen molar-refractivity contribution in [2.24, 2.45) is 0 Å². The SMILES string of the molecule is Cc1c(N)cccc1CN1CCOC2CCCC21. The van der Waals surface area contributed by atoms with Gasteiger partial charge in [0.2, 0.25) is 0 Å². The second-order valence-corrected chi connectivity index (χ2v) is 5.51. The summed E-state index contributed by atoms with van der Waals surface area (Å²) in [5, 5.41) is 0. The molecule has 98 valence electrons. The predicted octanol–water partition coefficient (Wildman–Crippen LogP) is 2.33. The van der Waals surface area contributed by atoms with Crippen LogP contribution in [0.5, 0.6) is 0 Å². The van der Waals surface area contributed by atoms with Crippen LogP contribution in [0.15, 0.2) is 18.2 Å². The van der Waals surface area contributed by atoms with Gasteiger partial charge in [-0.3, -0.25) is 4.90 Å². The summed E-state index contributed by atoms with van der Waals surface area (Å²) in [4.78, 5) is 2.59. The number of fused-ring (bicyclic) bond motifs is 1. The van der Waals surface area contributed by atoms with E-state index in [1.165, 1.54) is 30.4 Å². The van der Waals surface area contributed by atoms with Gasteiger partial charge in [-0.2, -0.15) is 0 Å². The van der Waals surface area contributed by atoms with E-state index in [0.29, 0.717) is 12.1 Å². The van der Waals surface area contributed by atoms with Crippen LogP contribution in [-0.4, -0.2) is 30.2 Å². The van der Waals surface area contributed by atoms with Crippen LogP contribution in [0, 0.1) is 6.92 Å². The lowest BCUT2D eigenvalue weighted by Crippen LogP contribution is -2.47. The Balaban J connectivity index is 1.77. The number of morpholine rings is 1. The van der Waals surface area contributed by atoms with Crippen LogP contribution >= 0.6 is 0 Å². The molecule has 3 heteroatoms. The molecule has 2 atom stereocenters. The van der Waals surface area contributed by atoms with Crippen LogP contribution in [0.25, 0.3) is 0 Å². The molecule has 2 fully saturated rings. The summed E-state index contributed by atoms with van der Waals surface area (Å²) < 4.78 is 5.86. The first-order valence-corrected chi connectivity index (χ1v) is 6.95. The lowest BCUT2D eigenvalue weighted by Gasteiger charge is -2.38. The summed E-state index contributed by atoms with van der Waals surface area (Å²) in [5.41, 5.74) is 9.49. The molecule has 0 amide bonds. The number of ether oxygens (including phenoxy) is 1. The van der Waals surface area contributed by atoms with Gasteiger partial charge in [-0.05, 0) is 43.4 Å². The highest BCUT2D eigenvalue weighted by Gasteiger charge is 2.35. The van der Waals surface area contributed by atoms with Crippen molar-refractivity contribution in [1.82, 2.24) is 4.90 Å². The average molecular weight is 246 g/mol. The Morgan fingerprint density at radius 3 is 3.17 bits per heavy atom. The molecule has 3 rings (SSSR count). The number of nitrogens with two attached hydrogens (primary N) is 1. The zero-order chi connectivity index (χ0) is 12.5. The van der Waals surface area contributed by atoms with E-state index in [4.69, 9.17) is 10.5 Å². The molecule has 1 aromatic carbocycles. The van der Waals surface area contributed by atoms with Crippen LogP contribution in [0.4, 0.5) is 5.69 Å². The van der Waals surface area contributed by atoms with Gasteiger partial charge in [0.25, 0.3) is 0 Å². The lowest BCUT2D eigenvalue weighted by molar-refractivity contribution is -0.0588. The van der Waals surface area contributed by atoms with E-state index in [0.717, 1.165) is 25.4 Å². The van der Waals surface area contributed by atoms with Crippen LogP contribution < -0.4 is 5.73 Å². The summed E-state index contributed by atoms with van der Waals surface area (Å²) in [5.74, 6) is 0. The highest BCUT2D eigenvalue weighted by atomic mass is 16.5. The van der Waals surface area contributed by atoms with E-state index in [1.807, 2.05) is 6.07 Å². The van der Waals surface area contributed by atoms with Crippen molar-refractivity contribution in [1.29, 1.82) is 0 Å². The Kier molecular flexibility index (Phi) is 3.27. The van der Waals surface area contributed by atoms with Gasteiger partial charge in [0.05, 0.1) is 12.7 Å². The third kappa shape index (κ3) is 2.13. The van der Waals surface area contributed by atoms with E-state index in [9.17, 15) is 0 Å². The topological polar surface area (TPSA) is 38.5 Å². The number of rotatable bonds is 2. The van der Waals surface area contributed by atoms with Gasteiger partial charge in [0.1, 0.15) is 0 Å². The molecule has 18 heavy (non-hydrogen) atoms. The summed E-state index contributed by atoms with van der Waals surface area (Å²) in [6, 6.07) is 6.87. The van der Waals surface area contributed by atoms with Gasteiger partial charge >= 0.3 is 0 Å². The van der Waals surface area contributed by atoms with E-state index < -0.39 is 0 Å². The Labute approximate surface area is 109 Å². The summed E-state index contributed by atoms with van der Waals surface area (Å²) in [7, 11) is 0. The molecule has 1 saturated carbocycles. The van der Waals surface area contributed by atoms with Gasteiger partial charge < -0.3 is 10.5 Å². The van der Waals surface area contributed by atoms with Gasteiger partial charge in [-0.25, -0.2) is 0 Å². The molecule has 1 heterocycles. The molecule has 0 radical (unpaired) electrons. The number of nitrogen functional groups attached to an aromatic ring is 1. The van der Waals surface area contributed by atoms with Gasteiger partial charge in [0.15, 0.2) is 0 Å². The number of benzene rings is 1. The van der Waals surface area contributed by atoms with Crippen LogP contribution in [0.2, 0.25) is 0 Å². The Morgan fingerprint density at radius 2 is 2.28 bits per heavy atom. The number of hydrogen-bond donors (Lipinski definition) is 1. The maximum Gasteiger partial charge on any atom is 0.0731 e. The van der Waals surface area contributed by atoms with Crippen molar-refractivity contribution in [2.45, 2.75) is 44.9 Å². The monoisotopic (exact) mass is 246 g/mol. The highest BCUT2D eigenvalue weighted by molar-refractivity contribution is 5.49. The van der Waals surface area contributed by atoms with Crippen LogP contribution in [0.3, 0.4) is 0 Å². The largest absolute Gasteiger partial charge is 0.399 e. The first-order chi connectivity index (χ1) is 8.75. The number of nitrogens with zero attached hydrogens (tertiary/aromatic N) is 1. The molecule has 0 bridgehead atoms. The van der Waals surface area contributed by atoms with Crippen LogP contribution in [0.1, 0.15) is 30.4 Å². The normalized spacial score (nSPS) is 28.3. The van der Waals surface area contributed by atoms with Crippen molar-refractivity contribution in [2.75, 3.05) is 18.9 Å². The molecule has 0 spiro atoms. The lowest BCUT2D eigenvalue weighted by atomic mass is 10.0. The van der Waals surface area contributed by atoms with Crippen molar-refractivity contribution < 1.29 is 4.74 Å². The van der Waals surface area contributed by atoms with E-state index >= 15 is 0 Å². The minimum atomic E-state index is 0.472. The fourth-order valence-corrected chi connectivity index (χ4v) is 3.30. The molecular formula is C15H22N2O. The fraction of sp³-hybridized carbons (Fsp3) is 0.600. The third-order valence-electron chi connectivity index (χ3n) is 4.46. The number of anilines is 1. The number of hydrogen-bond acceptors (Lipinski definition) is 3. The molecular weight excluding hydrogens is 224 g/mol. The standard InChI is InChI=1S/C15H22N2O/c1-11-12(4-2-5-13(11)16)10-17-8-9-18-15-7-3-6-14(15)17/h2,4-5,14-15H,3,6-10,16H2,1H3. The second-order valence-electron chi connectivity index (χ2n) is 5.51.